The summed E-state index contributed by atoms with van der Waals surface area (Å²) in [6.07, 6.45) is 3.62. The average molecular weight is 369 g/mol. The van der Waals surface area contributed by atoms with Gasteiger partial charge in [0, 0.05) is 16.3 Å². The maximum absolute atomic E-state index is 6.18. The van der Waals surface area contributed by atoms with Crippen molar-refractivity contribution < 1.29 is 9.47 Å². The molecule has 0 amide bonds. The van der Waals surface area contributed by atoms with Gasteiger partial charge in [0.15, 0.2) is 11.5 Å². The quantitative estimate of drug-likeness (QED) is 0.754. The highest BCUT2D eigenvalue weighted by atomic mass is 35.5. The van der Waals surface area contributed by atoms with Crippen molar-refractivity contribution in [2.75, 3.05) is 19.5 Å². The van der Waals surface area contributed by atoms with Crippen LogP contribution in [0.3, 0.4) is 0 Å². The summed E-state index contributed by atoms with van der Waals surface area (Å²) in [6.45, 7) is 0. The number of rotatable bonds is 4. The zero-order valence-electron chi connectivity index (χ0n) is 14.3. The van der Waals surface area contributed by atoms with E-state index in [1.165, 1.54) is 6.33 Å². The number of ether oxygens (including phenoxy) is 2. The molecule has 0 bridgehead atoms. The number of hydrogen-bond donors (Lipinski definition) is 1. The molecule has 1 aliphatic heterocycles. The van der Waals surface area contributed by atoms with Gasteiger partial charge in [0.1, 0.15) is 12.4 Å². The van der Waals surface area contributed by atoms with Gasteiger partial charge in [-0.25, -0.2) is 4.68 Å². The summed E-state index contributed by atoms with van der Waals surface area (Å²) >= 11 is 6.18. The molecule has 7 heteroatoms. The zero-order chi connectivity index (χ0) is 18.1. The highest BCUT2D eigenvalue weighted by molar-refractivity contribution is 6.30. The number of halogens is 1. The smallest absolute Gasteiger partial charge is 0.226 e. The van der Waals surface area contributed by atoms with E-state index in [1.807, 2.05) is 47.1 Å². The van der Waals surface area contributed by atoms with Crippen LogP contribution in [0.15, 0.2) is 54.9 Å². The van der Waals surface area contributed by atoms with Gasteiger partial charge >= 0.3 is 0 Å². The normalized spacial score (nSPS) is 15.7. The van der Waals surface area contributed by atoms with E-state index in [1.54, 1.807) is 14.2 Å². The van der Waals surface area contributed by atoms with Crippen LogP contribution in [0.5, 0.6) is 11.5 Å². The minimum atomic E-state index is -0.115. The molecule has 0 aliphatic carbocycles. The van der Waals surface area contributed by atoms with Gasteiger partial charge in [0.25, 0.3) is 0 Å². The lowest BCUT2D eigenvalue weighted by Gasteiger charge is -2.25. The third-order valence-corrected chi connectivity index (χ3v) is 4.53. The van der Waals surface area contributed by atoms with Crippen molar-refractivity contribution in [1.82, 2.24) is 14.8 Å². The summed E-state index contributed by atoms with van der Waals surface area (Å²) in [5.74, 6) is 2.02. The van der Waals surface area contributed by atoms with Crippen molar-refractivity contribution in [3.8, 4) is 11.5 Å². The molecule has 0 saturated carbocycles. The van der Waals surface area contributed by atoms with Crippen molar-refractivity contribution in [1.29, 1.82) is 0 Å². The lowest BCUT2D eigenvalue weighted by Crippen LogP contribution is -2.20. The highest BCUT2D eigenvalue weighted by Gasteiger charge is 2.24. The first-order chi connectivity index (χ1) is 12.7. The molecular formula is C19H17ClN4O2. The number of nitrogens with zero attached hydrogens (tertiary/aromatic N) is 3. The van der Waals surface area contributed by atoms with Crippen LogP contribution in [-0.2, 0) is 0 Å². The molecular weight excluding hydrogens is 352 g/mol. The van der Waals surface area contributed by atoms with E-state index in [9.17, 15) is 0 Å². The molecule has 0 unspecified atom stereocenters. The summed E-state index contributed by atoms with van der Waals surface area (Å²) in [4.78, 5) is 4.32. The molecule has 4 rings (SSSR count). The van der Waals surface area contributed by atoms with Crippen molar-refractivity contribution >= 4 is 23.2 Å². The predicted octanol–water partition coefficient (Wildman–Crippen LogP) is 4.00. The van der Waals surface area contributed by atoms with Crippen molar-refractivity contribution in [3.63, 3.8) is 0 Å². The fraction of sp³-hybridized carbons (Fsp3) is 0.158. The fourth-order valence-corrected chi connectivity index (χ4v) is 3.23. The van der Waals surface area contributed by atoms with Gasteiger partial charge in [-0.15, -0.1) is 0 Å². The summed E-state index contributed by atoms with van der Waals surface area (Å²) < 4.78 is 12.6. The van der Waals surface area contributed by atoms with Gasteiger partial charge in [-0.2, -0.15) is 10.1 Å². The molecule has 6 nitrogen and oxygen atoms in total. The van der Waals surface area contributed by atoms with Crippen LogP contribution in [0.25, 0.3) is 5.70 Å². The molecule has 132 valence electrons. The van der Waals surface area contributed by atoms with Crippen LogP contribution in [0, 0.1) is 0 Å². The molecule has 0 radical (unpaired) electrons. The van der Waals surface area contributed by atoms with Crippen LogP contribution in [0.4, 0.5) is 5.95 Å². The molecule has 2 heterocycles. The standard InChI is InChI=1S/C19H17ClN4O2/c1-25-17-7-6-12(9-18(17)26-2)15-10-16(13-4-3-5-14(20)8-13)24-19(23-15)21-11-22-24/h3-11,16H,1-2H3,(H,21,22,23)/t16-/m1/s1. The molecule has 1 N–H and O–H groups in total. The van der Waals surface area contributed by atoms with Crippen LogP contribution in [0.2, 0.25) is 5.02 Å². The molecule has 1 atom stereocenters. The van der Waals surface area contributed by atoms with E-state index in [-0.39, 0.29) is 6.04 Å². The van der Waals surface area contributed by atoms with E-state index >= 15 is 0 Å². The number of methoxy groups -OCH3 is 2. The Balaban J connectivity index is 1.80. The largest absolute Gasteiger partial charge is 0.493 e. The van der Waals surface area contributed by atoms with Gasteiger partial charge in [-0.3, -0.25) is 0 Å². The summed E-state index contributed by atoms with van der Waals surface area (Å²) in [6, 6.07) is 13.4. The van der Waals surface area contributed by atoms with E-state index in [4.69, 9.17) is 21.1 Å². The number of benzene rings is 2. The lowest BCUT2D eigenvalue weighted by molar-refractivity contribution is 0.355. The maximum Gasteiger partial charge on any atom is 0.226 e. The van der Waals surface area contributed by atoms with Crippen LogP contribution in [-0.4, -0.2) is 29.0 Å². The van der Waals surface area contributed by atoms with Gasteiger partial charge in [0.05, 0.1) is 14.2 Å². The number of hydrogen-bond acceptors (Lipinski definition) is 5. The molecule has 0 fully saturated rings. The Bertz CT molecular complexity index is 983. The number of anilines is 1. The van der Waals surface area contributed by atoms with E-state index < -0.39 is 0 Å². The first-order valence-electron chi connectivity index (χ1n) is 8.06. The Morgan fingerprint density at radius 3 is 2.69 bits per heavy atom. The first-order valence-corrected chi connectivity index (χ1v) is 8.43. The predicted molar refractivity (Wildman–Crippen MR) is 101 cm³/mol. The van der Waals surface area contributed by atoms with E-state index in [2.05, 4.69) is 21.5 Å². The Hall–Kier alpha value is -2.99. The second-order valence-corrected chi connectivity index (χ2v) is 6.24. The minimum Gasteiger partial charge on any atom is -0.493 e. The minimum absolute atomic E-state index is 0.115. The third-order valence-electron chi connectivity index (χ3n) is 4.29. The molecule has 3 aromatic rings. The average Bonchev–Trinajstić information content (AvgIpc) is 3.15. The number of aromatic nitrogens is 3. The van der Waals surface area contributed by atoms with Crippen molar-refractivity contribution in [3.05, 3.63) is 71.0 Å². The number of fused-ring (bicyclic) bond motifs is 1. The maximum atomic E-state index is 6.18. The van der Waals surface area contributed by atoms with E-state index in [0.717, 1.165) is 16.8 Å². The summed E-state index contributed by atoms with van der Waals surface area (Å²) in [5, 5.41) is 8.35. The van der Waals surface area contributed by atoms with Crippen LogP contribution in [0.1, 0.15) is 17.2 Å². The molecule has 1 aliphatic rings. The topological polar surface area (TPSA) is 61.2 Å². The van der Waals surface area contributed by atoms with Crippen molar-refractivity contribution in [2.45, 2.75) is 6.04 Å². The Morgan fingerprint density at radius 2 is 1.92 bits per heavy atom. The third kappa shape index (κ3) is 2.88. The summed E-state index contributed by atoms with van der Waals surface area (Å²) in [7, 11) is 3.24. The number of allylic oxidation sites excluding steroid dienone is 1. The second-order valence-electron chi connectivity index (χ2n) is 5.80. The van der Waals surface area contributed by atoms with Gasteiger partial charge in [0.2, 0.25) is 5.95 Å². The van der Waals surface area contributed by atoms with Crippen LogP contribution >= 0.6 is 11.6 Å². The monoisotopic (exact) mass is 368 g/mol. The van der Waals surface area contributed by atoms with Crippen molar-refractivity contribution in [2.24, 2.45) is 0 Å². The first kappa shape index (κ1) is 16.5. The Kier molecular flexibility index (Phi) is 4.26. The van der Waals surface area contributed by atoms with E-state index in [0.29, 0.717) is 22.5 Å². The Morgan fingerprint density at radius 1 is 1.08 bits per heavy atom. The fourth-order valence-electron chi connectivity index (χ4n) is 3.03. The summed E-state index contributed by atoms with van der Waals surface area (Å²) in [5.41, 5.74) is 2.91. The SMILES string of the molecule is COc1ccc(C2=C[C@H](c3cccc(Cl)c3)n3ncnc3N2)cc1OC. The molecule has 0 spiro atoms. The Labute approximate surface area is 156 Å². The zero-order valence-corrected chi connectivity index (χ0v) is 15.1. The molecule has 1 aromatic heterocycles. The van der Waals surface area contributed by atoms with Gasteiger partial charge < -0.3 is 14.8 Å². The lowest BCUT2D eigenvalue weighted by atomic mass is 10.0. The molecule has 2 aromatic carbocycles. The van der Waals surface area contributed by atoms with Gasteiger partial charge in [-0.1, -0.05) is 23.7 Å². The molecule has 0 saturated heterocycles. The van der Waals surface area contributed by atoms with Gasteiger partial charge in [-0.05, 0) is 42.0 Å². The molecule has 26 heavy (non-hydrogen) atoms. The second kappa shape index (κ2) is 6.72. The highest BCUT2D eigenvalue weighted by Crippen LogP contribution is 2.35. The number of nitrogens with one attached hydrogen (secondary N) is 1. The van der Waals surface area contributed by atoms with Crippen LogP contribution < -0.4 is 14.8 Å².